The number of carbonyl (C=O) groups is 3. The van der Waals surface area contributed by atoms with Crippen LogP contribution < -0.4 is 10.6 Å². The van der Waals surface area contributed by atoms with E-state index < -0.39 is 47.6 Å². The van der Waals surface area contributed by atoms with Crippen molar-refractivity contribution in [2.45, 2.75) is 121 Å². The second-order valence-electron chi connectivity index (χ2n) is 13.4. The number of benzene rings is 1. The number of aliphatic hydroxyl groups excluding tert-OH is 2. The highest BCUT2D eigenvalue weighted by Gasteiger charge is 2.76. The summed E-state index contributed by atoms with van der Waals surface area (Å²) in [7, 11) is 0. The predicted octanol–water partition coefficient (Wildman–Crippen LogP) is 2.72. The van der Waals surface area contributed by atoms with Gasteiger partial charge in [-0.3, -0.25) is 19.2 Å². The van der Waals surface area contributed by atoms with Gasteiger partial charge in [0.2, 0.25) is 11.8 Å². The summed E-state index contributed by atoms with van der Waals surface area (Å²) in [5, 5.41) is 25.0. The molecule has 13 heteroatoms. The highest BCUT2D eigenvalue weighted by molar-refractivity contribution is 5.93. The first-order chi connectivity index (χ1) is 23.8. The van der Waals surface area contributed by atoms with Crippen LogP contribution >= 0.6 is 0 Å². The number of hydrogen-bond donors (Lipinski definition) is 4. The highest BCUT2D eigenvalue weighted by Crippen LogP contribution is 2.58. The second-order valence-corrected chi connectivity index (χ2v) is 13.4. The average molecular weight is 688 g/mol. The summed E-state index contributed by atoms with van der Waals surface area (Å²) in [4.78, 5) is 47.2. The van der Waals surface area contributed by atoms with Crippen LogP contribution in [0.3, 0.4) is 0 Å². The number of esters is 1. The largest absolute Gasteiger partial charge is 0.499 e. The topological polar surface area (TPSA) is 165 Å². The van der Waals surface area contributed by atoms with Crippen LogP contribution in [0, 0.1) is 5.41 Å². The van der Waals surface area contributed by atoms with Crippen LogP contribution in [0.15, 0.2) is 30.5 Å². The van der Waals surface area contributed by atoms with Gasteiger partial charge in [-0.05, 0) is 30.0 Å². The molecule has 1 aliphatic carbocycles. The quantitative estimate of drug-likeness (QED) is 0.0905. The Hall–Kier alpha value is -3.07. The summed E-state index contributed by atoms with van der Waals surface area (Å²) in [6.45, 7) is 4.66. The van der Waals surface area contributed by atoms with Gasteiger partial charge in [-0.15, -0.1) is 0 Å². The van der Waals surface area contributed by atoms with Gasteiger partial charge in [0.15, 0.2) is 11.8 Å². The van der Waals surface area contributed by atoms with Crippen LogP contribution in [-0.4, -0.2) is 102 Å². The second kappa shape index (κ2) is 17.2. The molecular formula is C36H53N3O10. The Bertz CT molecular complexity index is 1280. The zero-order chi connectivity index (χ0) is 34.9. The van der Waals surface area contributed by atoms with E-state index in [1.54, 1.807) is 11.1 Å². The monoisotopic (exact) mass is 687 g/mol. The molecule has 4 N–H and O–H groups in total. The lowest BCUT2D eigenvalue weighted by Crippen LogP contribution is -2.69. The van der Waals surface area contributed by atoms with Crippen LogP contribution in [0.25, 0.3) is 6.08 Å². The molecule has 1 aromatic carbocycles. The third kappa shape index (κ3) is 8.29. The van der Waals surface area contributed by atoms with E-state index in [0.29, 0.717) is 12.8 Å². The number of unbranched alkanes of at least 4 members (excludes halogenated alkanes) is 4. The minimum Gasteiger partial charge on any atom is -0.499 e. The highest BCUT2D eigenvalue weighted by atomic mass is 16.8. The third-order valence-electron chi connectivity index (χ3n) is 9.95. The molecule has 3 aliphatic heterocycles. The van der Waals surface area contributed by atoms with Crippen molar-refractivity contribution in [3.8, 4) is 0 Å². The smallest absolute Gasteiger partial charge is 0.327 e. The molecule has 5 rings (SSSR count). The van der Waals surface area contributed by atoms with Gasteiger partial charge in [0.05, 0.1) is 26.0 Å². The van der Waals surface area contributed by atoms with Crippen molar-refractivity contribution in [2.24, 2.45) is 5.41 Å². The maximum atomic E-state index is 14.4. The molecule has 4 aliphatic rings. The first-order valence-corrected chi connectivity index (χ1v) is 17.9. The maximum Gasteiger partial charge on any atom is 0.327 e. The van der Waals surface area contributed by atoms with Gasteiger partial charge in [-0.1, -0.05) is 63.8 Å². The first kappa shape index (κ1) is 37.2. The fourth-order valence-electron chi connectivity index (χ4n) is 7.60. The van der Waals surface area contributed by atoms with E-state index in [9.17, 15) is 14.4 Å². The number of carbonyl (C=O) groups excluding carboxylic acids is 3. The lowest BCUT2D eigenvalue weighted by Gasteiger charge is -2.48. The fourth-order valence-corrected chi connectivity index (χ4v) is 7.60. The molecular weight excluding hydrogens is 634 g/mol. The van der Waals surface area contributed by atoms with Crippen molar-refractivity contribution < 1.29 is 48.4 Å². The minimum absolute atomic E-state index is 0.0189. The summed E-state index contributed by atoms with van der Waals surface area (Å²) in [5.74, 6) is -2.09. The van der Waals surface area contributed by atoms with Gasteiger partial charge in [0.25, 0.3) is 0 Å². The van der Waals surface area contributed by atoms with Gasteiger partial charge < -0.3 is 39.8 Å². The Morgan fingerprint density at radius 3 is 2.37 bits per heavy atom. The van der Waals surface area contributed by atoms with E-state index in [-0.39, 0.29) is 64.1 Å². The Morgan fingerprint density at radius 1 is 0.980 bits per heavy atom. The van der Waals surface area contributed by atoms with Crippen molar-refractivity contribution in [1.29, 1.82) is 0 Å². The normalized spacial score (nSPS) is 28.3. The van der Waals surface area contributed by atoms with E-state index in [4.69, 9.17) is 34.0 Å². The predicted molar refractivity (Wildman–Crippen MR) is 178 cm³/mol. The van der Waals surface area contributed by atoms with E-state index in [0.717, 1.165) is 49.7 Å². The molecule has 2 amide bonds. The molecule has 272 valence electrons. The van der Waals surface area contributed by atoms with Crippen molar-refractivity contribution in [3.05, 3.63) is 41.7 Å². The van der Waals surface area contributed by atoms with Crippen LogP contribution in [0.4, 0.5) is 0 Å². The molecule has 49 heavy (non-hydrogen) atoms. The molecule has 13 nitrogen and oxygen atoms in total. The third-order valence-corrected chi connectivity index (χ3v) is 9.95. The number of nitrogens with one attached hydrogen (secondary N) is 2. The zero-order valence-corrected chi connectivity index (χ0v) is 28.8. The number of rotatable bonds is 20. The first-order valence-electron chi connectivity index (χ1n) is 17.9. The fraction of sp³-hybridized carbons (Fsp3) is 0.694. The van der Waals surface area contributed by atoms with Crippen molar-refractivity contribution in [1.82, 2.24) is 15.7 Å². The van der Waals surface area contributed by atoms with Crippen LogP contribution in [0.1, 0.15) is 89.2 Å². The molecule has 0 spiro atoms. The number of nitrogens with zero attached hydrogens (tertiary/aromatic N) is 1. The Kier molecular flexibility index (Phi) is 13.1. The Labute approximate surface area is 288 Å². The van der Waals surface area contributed by atoms with Crippen LogP contribution in [0.2, 0.25) is 0 Å². The number of ether oxygens (including phenoxy) is 4. The van der Waals surface area contributed by atoms with Gasteiger partial charge in [0.1, 0.15) is 36.4 Å². The lowest BCUT2D eigenvalue weighted by molar-refractivity contribution is -0.224. The van der Waals surface area contributed by atoms with Gasteiger partial charge >= 0.3 is 5.97 Å². The molecule has 3 saturated heterocycles. The molecule has 4 fully saturated rings. The summed E-state index contributed by atoms with van der Waals surface area (Å²) >= 11 is 0. The van der Waals surface area contributed by atoms with Crippen molar-refractivity contribution >= 4 is 23.9 Å². The molecule has 2 bridgehead atoms. The average Bonchev–Trinajstić information content (AvgIpc) is 3.65. The van der Waals surface area contributed by atoms with Gasteiger partial charge in [-0.2, -0.15) is 5.06 Å². The minimum atomic E-state index is -1.33. The molecule has 0 aromatic heterocycles. The number of hydrogen-bond acceptors (Lipinski definition) is 11. The summed E-state index contributed by atoms with van der Waals surface area (Å²) in [6.07, 6.45) is 8.23. The van der Waals surface area contributed by atoms with E-state index in [2.05, 4.69) is 24.5 Å². The molecule has 1 saturated carbocycles. The molecule has 6 atom stereocenters. The number of amides is 2. The van der Waals surface area contributed by atoms with E-state index in [1.807, 2.05) is 24.3 Å². The van der Waals surface area contributed by atoms with Crippen LogP contribution in [-0.2, 0) is 44.7 Å². The van der Waals surface area contributed by atoms with Gasteiger partial charge in [0, 0.05) is 38.8 Å². The number of aliphatic hydroxyl groups is 2. The summed E-state index contributed by atoms with van der Waals surface area (Å²) < 4.78 is 25.0. The Balaban J connectivity index is 1.42. The molecule has 2 unspecified atom stereocenters. The van der Waals surface area contributed by atoms with Crippen LogP contribution in [0.5, 0.6) is 0 Å². The zero-order valence-electron chi connectivity index (χ0n) is 28.8. The summed E-state index contributed by atoms with van der Waals surface area (Å²) in [6, 6.07) is 6.60. The molecule has 0 radical (unpaired) electrons. The van der Waals surface area contributed by atoms with Crippen molar-refractivity contribution in [2.75, 3.05) is 32.9 Å². The number of hydroxylamine groups is 2. The maximum absolute atomic E-state index is 14.4. The molecule has 3 heterocycles. The van der Waals surface area contributed by atoms with E-state index in [1.165, 1.54) is 6.26 Å². The van der Waals surface area contributed by atoms with Gasteiger partial charge in [-0.25, -0.2) is 0 Å². The van der Waals surface area contributed by atoms with E-state index >= 15 is 0 Å². The lowest BCUT2D eigenvalue weighted by atomic mass is 9.62. The number of fused-ring (bicyclic) bond motifs is 4. The SMILES string of the molecule is CCCCCC1(CCCCC)O[C@@H]2[C@H]3ON(Cc4ccc(C=COCCO)cc4)[C@H]4C(=O)OC(CC34C(=O)NCCC(=O)NCCO)[C@@H]2O1. The van der Waals surface area contributed by atoms with Crippen molar-refractivity contribution in [3.63, 3.8) is 0 Å². The Morgan fingerprint density at radius 2 is 1.69 bits per heavy atom. The molecule has 1 aromatic rings. The standard InChI is InChI=1S/C36H53N3O10/c1-3-5-7-15-35(16-8-6-4-2)47-29-27-23-36(34(44)38-17-13-28(42)37-18-19-40)31(33(43)46-27)39(49-32(36)30(29)48-35)24-26-11-9-25(10-12-26)14-21-45-22-20-41/h9-12,14,21,27,29-32,40-41H,3-8,13,15-20,22-24H2,1-2H3,(H,37,42)(H,38,44)/t27?,29-,30-,31-,32+,36?/m0/s1. The summed E-state index contributed by atoms with van der Waals surface area (Å²) in [5.41, 5.74) is 0.409.